The number of rotatable bonds is 7. The zero-order chi connectivity index (χ0) is 25.4. The maximum absolute atomic E-state index is 13.3. The highest BCUT2D eigenvalue weighted by atomic mass is 32.1. The molecule has 1 fully saturated rings. The predicted molar refractivity (Wildman–Crippen MR) is 131 cm³/mol. The molecule has 0 aliphatic carbocycles. The van der Waals surface area contributed by atoms with Gasteiger partial charge in [-0.05, 0) is 60.9 Å². The fourth-order valence-electron chi connectivity index (χ4n) is 4.34. The highest BCUT2D eigenvalue weighted by Gasteiger charge is 2.63. The summed E-state index contributed by atoms with van der Waals surface area (Å²) in [5, 5.41) is 42.3. The van der Waals surface area contributed by atoms with Crippen molar-refractivity contribution in [2.45, 2.75) is 50.2 Å². The minimum atomic E-state index is -2.10. The van der Waals surface area contributed by atoms with E-state index < -0.39 is 29.9 Å². The molecular weight excluding hydrogens is 471 g/mol. The lowest BCUT2D eigenvalue weighted by atomic mass is 9.78. The third-order valence-electron chi connectivity index (χ3n) is 6.43. The Morgan fingerprint density at radius 2 is 1.83 bits per heavy atom. The van der Waals surface area contributed by atoms with Gasteiger partial charge in [-0.1, -0.05) is 30.3 Å². The molecule has 8 heteroatoms. The van der Waals surface area contributed by atoms with Gasteiger partial charge in [-0.2, -0.15) is 0 Å². The molecule has 0 amide bonds. The van der Waals surface area contributed by atoms with Crippen LogP contribution in [0.25, 0.3) is 10.4 Å². The van der Waals surface area contributed by atoms with Gasteiger partial charge in [-0.3, -0.25) is 0 Å². The Labute approximate surface area is 207 Å². The van der Waals surface area contributed by atoms with E-state index in [9.17, 15) is 24.8 Å². The molecule has 5 unspecified atom stereocenters. The van der Waals surface area contributed by atoms with Gasteiger partial charge in [0.15, 0.2) is 6.29 Å². The van der Waals surface area contributed by atoms with Crippen molar-refractivity contribution in [1.29, 1.82) is 0 Å². The Hall–Kier alpha value is -2.43. The van der Waals surface area contributed by atoms with Crippen LogP contribution in [0.4, 0.5) is 4.39 Å². The third-order valence-corrected chi connectivity index (χ3v) is 7.57. The van der Waals surface area contributed by atoms with E-state index in [2.05, 4.69) is 6.58 Å². The van der Waals surface area contributed by atoms with Crippen molar-refractivity contribution >= 4 is 11.3 Å². The van der Waals surface area contributed by atoms with Crippen molar-refractivity contribution in [2.75, 3.05) is 6.61 Å². The number of ether oxygens (including phenoxy) is 2. The standard InChI is InChI=1S/C27H29FO6S/c1-4-13-33-27(26(3,32)24(30)23(29)25(31)34-27)19-8-5-16(2)18(14-19)15-21-11-12-22(35-21)17-6-9-20(28)10-7-17/h4-12,14,23-25,29-32H,1,13,15H2,2-3H3. The summed E-state index contributed by atoms with van der Waals surface area (Å²) in [5.41, 5.74) is 1.12. The average Bonchev–Trinajstić information content (AvgIpc) is 3.30. The van der Waals surface area contributed by atoms with E-state index >= 15 is 0 Å². The van der Waals surface area contributed by atoms with Crippen molar-refractivity contribution in [3.63, 3.8) is 0 Å². The zero-order valence-corrected chi connectivity index (χ0v) is 20.3. The largest absolute Gasteiger partial charge is 0.387 e. The van der Waals surface area contributed by atoms with Crippen molar-refractivity contribution in [3.8, 4) is 10.4 Å². The molecule has 1 aliphatic rings. The van der Waals surface area contributed by atoms with E-state index in [-0.39, 0.29) is 12.4 Å². The second-order valence-corrected chi connectivity index (χ2v) is 10.1. The minimum absolute atomic E-state index is 0.0408. The van der Waals surface area contributed by atoms with Gasteiger partial charge in [0.25, 0.3) is 0 Å². The molecule has 35 heavy (non-hydrogen) atoms. The van der Waals surface area contributed by atoms with Crippen molar-refractivity contribution < 1.29 is 34.3 Å². The molecule has 186 valence electrons. The molecule has 0 saturated carbocycles. The van der Waals surface area contributed by atoms with Crippen molar-refractivity contribution in [3.05, 3.63) is 94.6 Å². The van der Waals surface area contributed by atoms with Gasteiger partial charge >= 0.3 is 0 Å². The molecule has 2 heterocycles. The van der Waals surface area contributed by atoms with Crippen LogP contribution in [0.5, 0.6) is 0 Å². The molecule has 1 aromatic heterocycles. The summed E-state index contributed by atoms with van der Waals surface area (Å²) in [5.74, 6) is -2.25. The van der Waals surface area contributed by atoms with Crippen LogP contribution >= 0.6 is 11.3 Å². The first-order valence-corrected chi connectivity index (χ1v) is 12.0. The van der Waals surface area contributed by atoms with E-state index in [0.717, 1.165) is 26.4 Å². The number of aryl methyl sites for hydroxylation is 1. The van der Waals surface area contributed by atoms with Gasteiger partial charge in [-0.25, -0.2) is 4.39 Å². The van der Waals surface area contributed by atoms with Crippen LogP contribution in [0.15, 0.2) is 67.3 Å². The summed E-state index contributed by atoms with van der Waals surface area (Å²) in [4.78, 5) is 2.08. The van der Waals surface area contributed by atoms with Gasteiger partial charge in [0.05, 0.1) is 6.61 Å². The molecule has 0 radical (unpaired) electrons. The second kappa shape index (κ2) is 9.91. The molecule has 1 aliphatic heterocycles. The van der Waals surface area contributed by atoms with Crippen LogP contribution in [0, 0.1) is 12.7 Å². The number of thiophene rings is 1. The van der Waals surface area contributed by atoms with Crippen LogP contribution in [-0.4, -0.2) is 51.1 Å². The summed E-state index contributed by atoms with van der Waals surface area (Å²) in [6.07, 6.45) is -3.21. The van der Waals surface area contributed by atoms with Crippen LogP contribution < -0.4 is 0 Å². The summed E-state index contributed by atoms with van der Waals surface area (Å²) >= 11 is 1.59. The Morgan fingerprint density at radius 1 is 1.11 bits per heavy atom. The first-order chi connectivity index (χ1) is 16.6. The van der Waals surface area contributed by atoms with Crippen LogP contribution in [0.2, 0.25) is 0 Å². The minimum Gasteiger partial charge on any atom is -0.387 e. The predicted octanol–water partition coefficient (Wildman–Crippen LogP) is 3.63. The second-order valence-electron chi connectivity index (χ2n) is 8.90. The Bertz CT molecular complexity index is 1190. The van der Waals surface area contributed by atoms with E-state index in [1.165, 1.54) is 25.1 Å². The van der Waals surface area contributed by atoms with Crippen LogP contribution in [-0.2, 0) is 21.7 Å². The van der Waals surface area contributed by atoms with Gasteiger partial charge in [0, 0.05) is 21.7 Å². The van der Waals surface area contributed by atoms with Crippen molar-refractivity contribution in [2.24, 2.45) is 0 Å². The lowest BCUT2D eigenvalue weighted by Crippen LogP contribution is -2.70. The molecule has 5 atom stereocenters. The molecule has 0 bridgehead atoms. The molecule has 6 nitrogen and oxygen atoms in total. The maximum Gasteiger partial charge on any atom is 0.229 e. The van der Waals surface area contributed by atoms with Gasteiger partial charge in [-0.15, -0.1) is 17.9 Å². The topological polar surface area (TPSA) is 99.4 Å². The normalized spacial score (nSPS) is 28.7. The highest BCUT2D eigenvalue weighted by molar-refractivity contribution is 7.15. The van der Waals surface area contributed by atoms with E-state index in [1.807, 2.05) is 25.1 Å². The van der Waals surface area contributed by atoms with E-state index in [1.54, 1.807) is 35.6 Å². The molecule has 3 aromatic rings. The fraction of sp³-hybridized carbons (Fsp3) is 0.333. The highest BCUT2D eigenvalue weighted by Crippen LogP contribution is 2.46. The number of hydrogen-bond acceptors (Lipinski definition) is 7. The molecule has 4 N–H and O–H groups in total. The fourth-order valence-corrected chi connectivity index (χ4v) is 5.38. The molecule has 1 saturated heterocycles. The number of benzene rings is 2. The first-order valence-electron chi connectivity index (χ1n) is 11.2. The van der Waals surface area contributed by atoms with Crippen LogP contribution in [0.1, 0.15) is 28.5 Å². The first kappa shape index (κ1) is 25.7. The van der Waals surface area contributed by atoms with E-state index in [4.69, 9.17) is 9.47 Å². The number of hydrogen-bond donors (Lipinski definition) is 4. The molecular formula is C27H29FO6S. The molecule has 4 rings (SSSR count). The number of aliphatic hydroxyl groups is 4. The number of aliphatic hydroxyl groups excluding tert-OH is 3. The molecule has 2 aromatic carbocycles. The average molecular weight is 501 g/mol. The third kappa shape index (κ3) is 4.71. The molecule has 0 spiro atoms. The lowest BCUT2D eigenvalue weighted by molar-refractivity contribution is -0.430. The summed E-state index contributed by atoms with van der Waals surface area (Å²) in [7, 11) is 0. The monoisotopic (exact) mass is 500 g/mol. The Balaban J connectivity index is 1.70. The summed E-state index contributed by atoms with van der Waals surface area (Å²) in [6, 6.07) is 15.7. The number of halogens is 1. The SMILES string of the molecule is C=CCOC1(c2ccc(C)c(Cc3ccc(-c4ccc(F)cc4)s3)c2)OC(O)C(O)C(O)C1(C)O. The quantitative estimate of drug-likeness (QED) is 0.370. The van der Waals surface area contributed by atoms with Gasteiger partial charge in [0.1, 0.15) is 23.6 Å². The Morgan fingerprint density at radius 3 is 2.51 bits per heavy atom. The smallest absolute Gasteiger partial charge is 0.229 e. The summed E-state index contributed by atoms with van der Waals surface area (Å²) < 4.78 is 24.8. The lowest BCUT2D eigenvalue weighted by Gasteiger charge is -2.53. The van der Waals surface area contributed by atoms with Crippen molar-refractivity contribution in [1.82, 2.24) is 0 Å². The van der Waals surface area contributed by atoms with Gasteiger partial charge in [0.2, 0.25) is 5.79 Å². The maximum atomic E-state index is 13.3. The van der Waals surface area contributed by atoms with Crippen LogP contribution in [0.3, 0.4) is 0 Å². The van der Waals surface area contributed by atoms with E-state index in [0.29, 0.717) is 12.0 Å². The van der Waals surface area contributed by atoms with Gasteiger partial charge < -0.3 is 29.9 Å². The summed E-state index contributed by atoms with van der Waals surface area (Å²) in [6.45, 7) is 6.85. The zero-order valence-electron chi connectivity index (χ0n) is 19.5. The Kier molecular flexibility index (Phi) is 7.26.